The largest absolute Gasteiger partial charge is 0.481 e. The fourth-order valence-corrected chi connectivity index (χ4v) is 2.04. The number of nitrogens with one attached hydrogen (secondary N) is 1. The third-order valence-corrected chi connectivity index (χ3v) is 3.09. The molecule has 1 aliphatic rings. The third-order valence-electron chi connectivity index (χ3n) is 3.09. The van der Waals surface area contributed by atoms with Crippen LogP contribution in [0, 0.1) is 11.8 Å². The van der Waals surface area contributed by atoms with Crippen LogP contribution in [0.2, 0.25) is 0 Å². The van der Waals surface area contributed by atoms with Gasteiger partial charge < -0.3 is 15.5 Å². The van der Waals surface area contributed by atoms with Crippen LogP contribution in [0.25, 0.3) is 0 Å². The maximum Gasteiger partial charge on any atom is 0.306 e. The minimum absolute atomic E-state index is 0.0871. The molecule has 1 fully saturated rings. The first kappa shape index (κ1) is 13.5. The monoisotopic (exact) mass is 243 g/mol. The van der Waals surface area contributed by atoms with E-state index in [0.29, 0.717) is 25.7 Å². The minimum Gasteiger partial charge on any atom is -0.481 e. The predicted octanol–water partition coefficient (Wildman–Crippen LogP) is 0.468. The van der Waals surface area contributed by atoms with Crippen molar-refractivity contribution in [1.29, 1.82) is 0 Å². The second-order valence-corrected chi connectivity index (χ2v) is 4.32. The van der Waals surface area contributed by atoms with Gasteiger partial charge in [-0.2, -0.15) is 0 Å². The number of hydrogen-bond acceptors (Lipinski definition) is 3. The topological polar surface area (TPSA) is 104 Å². The van der Waals surface area contributed by atoms with Gasteiger partial charge in [-0.1, -0.05) is 0 Å². The Labute approximate surface area is 99.0 Å². The lowest BCUT2D eigenvalue weighted by Crippen LogP contribution is -2.35. The van der Waals surface area contributed by atoms with Crippen LogP contribution in [-0.4, -0.2) is 34.6 Å². The Kier molecular flexibility index (Phi) is 4.93. The number of carbonyl (C=O) groups excluding carboxylic acids is 1. The van der Waals surface area contributed by atoms with E-state index in [1.807, 2.05) is 0 Å². The molecule has 1 aliphatic carbocycles. The van der Waals surface area contributed by atoms with E-state index in [1.54, 1.807) is 0 Å². The van der Waals surface area contributed by atoms with E-state index in [0.717, 1.165) is 0 Å². The lowest BCUT2D eigenvalue weighted by molar-refractivity contribution is -0.144. The normalized spacial score (nSPS) is 24.0. The van der Waals surface area contributed by atoms with Crippen LogP contribution in [0.4, 0.5) is 0 Å². The predicted molar refractivity (Wildman–Crippen MR) is 58.3 cm³/mol. The summed E-state index contributed by atoms with van der Waals surface area (Å²) in [4.78, 5) is 32.6. The number of carbonyl (C=O) groups is 3. The summed E-state index contributed by atoms with van der Waals surface area (Å²) in [6.45, 7) is 0.132. The molecule has 0 saturated heterocycles. The van der Waals surface area contributed by atoms with Gasteiger partial charge in [-0.15, -0.1) is 0 Å². The van der Waals surface area contributed by atoms with Crippen molar-refractivity contribution in [2.45, 2.75) is 32.1 Å². The van der Waals surface area contributed by atoms with E-state index in [2.05, 4.69) is 5.32 Å². The summed E-state index contributed by atoms with van der Waals surface area (Å²) < 4.78 is 0. The van der Waals surface area contributed by atoms with E-state index < -0.39 is 11.9 Å². The Bertz CT molecular complexity index is 307. The summed E-state index contributed by atoms with van der Waals surface area (Å²) >= 11 is 0. The fourth-order valence-electron chi connectivity index (χ4n) is 2.04. The fraction of sp³-hybridized carbons (Fsp3) is 0.727. The summed E-state index contributed by atoms with van der Waals surface area (Å²) in [6, 6.07) is 0. The first-order chi connectivity index (χ1) is 8.00. The van der Waals surface area contributed by atoms with Gasteiger partial charge in [0.15, 0.2) is 0 Å². The Balaban J connectivity index is 2.26. The molecule has 3 N–H and O–H groups in total. The van der Waals surface area contributed by atoms with Gasteiger partial charge in [-0.05, 0) is 25.7 Å². The summed E-state index contributed by atoms with van der Waals surface area (Å²) in [5.41, 5.74) is 0. The van der Waals surface area contributed by atoms with E-state index in [4.69, 9.17) is 10.2 Å². The van der Waals surface area contributed by atoms with Gasteiger partial charge in [0.2, 0.25) is 5.91 Å². The van der Waals surface area contributed by atoms with Gasteiger partial charge in [0.05, 0.1) is 12.3 Å². The summed E-state index contributed by atoms with van der Waals surface area (Å²) in [7, 11) is 0. The van der Waals surface area contributed by atoms with Gasteiger partial charge in [0.25, 0.3) is 0 Å². The van der Waals surface area contributed by atoms with Crippen molar-refractivity contribution in [3.05, 3.63) is 0 Å². The number of hydrogen-bond donors (Lipinski definition) is 3. The van der Waals surface area contributed by atoms with Crippen LogP contribution in [0.5, 0.6) is 0 Å². The second-order valence-electron chi connectivity index (χ2n) is 4.32. The molecule has 0 radical (unpaired) electrons. The lowest BCUT2D eigenvalue weighted by atomic mass is 9.81. The molecule has 0 spiro atoms. The molecule has 0 unspecified atom stereocenters. The Morgan fingerprint density at radius 2 is 1.53 bits per heavy atom. The van der Waals surface area contributed by atoms with Gasteiger partial charge in [-0.25, -0.2) is 0 Å². The third kappa shape index (κ3) is 4.42. The maximum absolute atomic E-state index is 11.6. The summed E-state index contributed by atoms with van der Waals surface area (Å²) in [6.07, 6.45) is 2.08. The van der Waals surface area contributed by atoms with Crippen molar-refractivity contribution in [1.82, 2.24) is 5.32 Å². The van der Waals surface area contributed by atoms with Gasteiger partial charge in [0, 0.05) is 12.5 Å². The first-order valence-corrected chi connectivity index (χ1v) is 5.73. The van der Waals surface area contributed by atoms with Gasteiger partial charge in [0.1, 0.15) is 0 Å². The van der Waals surface area contributed by atoms with Crippen molar-refractivity contribution in [3.63, 3.8) is 0 Å². The van der Waals surface area contributed by atoms with Crippen LogP contribution in [-0.2, 0) is 14.4 Å². The molecule has 6 heteroatoms. The molecule has 0 aromatic carbocycles. The zero-order valence-corrected chi connectivity index (χ0v) is 9.52. The van der Waals surface area contributed by atoms with Crippen molar-refractivity contribution in [2.24, 2.45) is 11.8 Å². The highest BCUT2D eigenvalue weighted by Gasteiger charge is 2.29. The zero-order chi connectivity index (χ0) is 12.8. The molecular weight excluding hydrogens is 226 g/mol. The molecule has 17 heavy (non-hydrogen) atoms. The Morgan fingerprint density at radius 1 is 1.00 bits per heavy atom. The Hall–Kier alpha value is -1.59. The lowest BCUT2D eigenvalue weighted by Gasteiger charge is -2.25. The van der Waals surface area contributed by atoms with Crippen LogP contribution >= 0.6 is 0 Å². The number of aliphatic carboxylic acids is 2. The molecule has 1 saturated carbocycles. The molecule has 0 aliphatic heterocycles. The van der Waals surface area contributed by atoms with E-state index in [-0.39, 0.29) is 30.7 Å². The van der Waals surface area contributed by atoms with Crippen molar-refractivity contribution >= 4 is 17.8 Å². The van der Waals surface area contributed by atoms with Crippen molar-refractivity contribution in [3.8, 4) is 0 Å². The van der Waals surface area contributed by atoms with Crippen LogP contribution < -0.4 is 5.32 Å². The molecule has 0 heterocycles. The quantitative estimate of drug-likeness (QED) is 0.651. The summed E-state index contributed by atoms with van der Waals surface area (Å²) in [5.74, 6) is -2.40. The minimum atomic E-state index is -0.945. The van der Waals surface area contributed by atoms with E-state index in [1.165, 1.54) is 0 Å². The summed E-state index contributed by atoms with van der Waals surface area (Å²) in [5, 5.41) is 19.8. The average Bonchev–Trinajstić information content (AvgIpc) is 2.28. The van der Waals surface area contributed by atoms with Crippen LogP contribution in [0.3, 0.4) is 0 Å². The molecule has 0 bridgehead atoms. The molecule has 1 amide bonds. The first-order valence-electron chi connectivity index (χ1n) is 5.73. The maximum atomic E-state index is 11.6. The molecule has 0 aromatic rings. The molecular formula is C11H17NO5. The zero-order valence-electron chi connectivity index (χ0n) is 9.52. The smallest absolute Gasteiger partial charge is 0.306 e. The number of carboxylic acids is 2. The molecule has 1 rings (SSSR count). The number of carboxylic acid groups (broad SMARTS) is 2. The number of amides is 1. The van der Waals surface area contributed by atoms with Gasteiger partial charge >= 0.3 is 11.9 Å². The molecule has 96 valence electrons. The van der Waals surface area contributed by atoms with E-state index >= 15 is 0 Å². The average molecular weight is 243 g/mol. The SMILES string of the molecule is O=C(O)CCNC(=O)C1CCC(C(=O)O)CC1. The molecule has 0 atom stereocenters. The molecule has 0 aromatic heterocycles. The van der Waals surface area contributed by atoms with Crippen LogP contribution in [0.15, 0.2) is 0 Å². The molecule has 6 nitrogen and oxygen atoms in total. The highest BCUT2D eigenvalue weighted by molar-refractivity contribution is 5.79. The highest BCUT2D eigenvalue weighted by Crippen LogP contribution is 2.28. The second kappa shape index (κ2) is 6.22. The standard InChI is InChI=1S/C11H17NO5/c13-9(14)5-6-12-10(15)7-1-3-8(4-2-7)11(16)17/h7-8H,1-6H2,(H,12,15)(H,13,14)(H,16,17). The van der Waals surface area contributed by atoms with E-state index in [9.17, 15) is 14.4 Å². The Morgan fingerprint density at radius 3 is 2.00 bits per heavy atom. The highest BCUT2D eigenvalue weighted by atomic mass is 16.4. The van der Waals surface area contributed by atoms with Gasteiger partial charge in [-0.3, -0.25) is 14.4 Å². The van der Waals surface area contributed by atoms with Crippen LogP contribution in [0.1, 0.15) is 32.1 Å². The van der Waals surface area contributed by atoms with Crippen molar-refractivity contribution < 1.29 is 24.6 Å². The van der Waals surface area contributed by atoms with Crippen molar-refractivity contribution in [2.75, 3.05) is 6.54 Å². The number of rotatable bonds is 5.